The fourth-order valence-electron chi connectivity index (χ4n) is 2.45. The van der Waals surface area contributed by atoms with Gasteiger partial charge in [-0.05, 0) is 18.2 Å². The molecule has 0 saturated carbocycles. The van der Waals surface area contributed by atoms with E-state index in [9.17, 15) is 0 Å². The van der Waals surface area contributed by atoms with Crippen LogP contribution in [0.1, 0.15) is 0 Å². The van der Waals surface area contributed by atoms with Gasteiger partial charge in [0.05, 0.1) is 16.9 Å². The Morgan fingerprint density at radius 1 is 0.909 bits per heavy atom. The number of aromatic nitrogens is 4. The Kier molecular flexibility index (Phi) is 3.09. The number of rotatable bonds is 2. The van der Waals surface area contributed by atoms with Crippen LogP contribution in [0.4, 0.5) is 0 Å². The standard InChI is InChI=1S/C17H11ClN4/c18-14-8-10-20-17-15(14)21-16(12-5-2-1-3-6-12)22(17)13-7-4-9-19-11-13/h1-11H. The summed E-state index contributed by atoms with van der Waals surface area (Å²) in [6.45, 7) is 0. The molecule has 0 bridgehead atoms. The molecule has 0 N–H and O–H groups in total. The average molecular weight is 307 g/mol. The van der Waals surface area contributed by atoms with Crippen LogP contribution in [-0.4, -0.2) is 19.5 Å². The molecule has 4 aromatic rings. The third-order valence-corrected chi connectivity index (χ3v) is 3.74. The summed E-state index contributed by atoms with van der Waals surface area (Å²) in [5, 5.41) is 0.588. The Morgan fingerprint density at radius 3 is 2.55 bits per heavy atom. The van der Waals surface area contributed by atoms with Crippen LogP contribution >= 0.6 is 11.6 Å². The fraction of sp³-hybridized carbons (Fsp3) is 0. The summed E-state index contributed by atoms with van der Waals surface area (Å²) in [4.78, 5) is 13.3. The second-order valence-electron chi connectivity index (χ2n) is 4.81. The Bertz CT molecular complexity index is 933. The Balaban J connectivity index is 2.10. The summed E-state index contributed by atoms with van der Waals surface area (Å²) in [7, 11) is 0. The van der Waals surface area contributed by atoms with E-state index in [1.165, 1.54) is 0 Å². The van der Waals surface area contributed by atoms with Crippen molar-refractivity contribution in [3.63, 3.8) is 0 Å². The molecular formula is C17H11ClN4. The van der Waals surface area contributed by atoms with Gasteiger partial charge in [-0.25, -0.2) is 9.97 Å². The van der Waals surface area contributed by atoms with E-state index in [0.717, 1.165) is 22.7 Å². The first kappa shape index (κ1) is 13.0. The molecule has 4 nitrogen and oxygen atoms in total. The molecule has 3 heterocycles. The van der Waals surface area contributed by atoms with E-state index in [2.05, 4.69) is 9.97 Å². The zero-order valence-electron chi connectivity index (χ0n) is 11.5. The number of pyridine rings is 2. The minimum Gasteiger partial charge on any atom is -0.275 e. The van der Waals surface area contributed by atoms with Gasteiger partial charge in [0.25, 0.3) is 0 Å². The second-order valence-corrected chi connectivity index (χ2v) is 5.22. The summed E-state index contributed by atoms with van der Waals surface area (Å²) < 4.78 is 1.98. The third-order valence-electron chi connectivity index (χ3n) is 3.43. The molecule has 0 aliphatic rings. The zero-order chi connectivity index (χ0) is 14.9. The van der Waals surface area contributed by atoms with E-state index >= 15 is 0 Å². The van der Waals surface area contributed by atoms with Crippen LogP contribution < -0.4 is 0 Å². The van der Waals surface area contributed by atoms with Gasteiger partial charge in [0, 0.05) is 18.0 Å². The van der Waals surface area contributed by atoms with Gasteiger partial charge < -0.3 is 0 Å². The second kappa shape index (κ2) is 5.24. The largest absolute Gasteiger partial charge is 0.275 e. The van der Waals surface area contributed by atoms with Crippen molar-refractivity contribution in [3.05, 3.63) is 72.1 Å². The first-order valence-electron chi connectivity index (χ1n) is 6.83. The molecule has 0 amide bonds. The highest BCUT2D eigenvalue weighted by atomic mass is 35.5. The minimum absolute atomic E-state index is 0.588. The molecule has 4 rings (SSSR count). The molecule has 1 aromatic carbocycles. The van der Waals surface area contributed by atoms with Crippen molar-refractivity contribution >= 4 is 22.8 Å². The Hall–Kier alpha value is -2.72. The third kappa shape index (κ3) is 2.05. The predicted octanol–water partition coefficient (Wildman–Crippen LogP) is 4.14. The smallest absolute Gasteiger partial charge is 0.166 e. The van der Waals surface area contributed by atoms with Crippen LogP contribution in [0.5, 0.6) is 0 Å². The Morgan fingerprint density at radius 2 is 1.77 bits per heavy atom. The number of hydrogen-bond acceptors (Lipinski definition) is 3. The van der Waals surface area contributed by atoms with E-state index in [0.29, 0.717) is 10.5 Å². The van der Waals surface area contributed by atoms with Gasteiger partial charge in [0.1, 0.15) is 11.3 Å². The van der Waals surface area contributed by atoms with Crippen molar-refractivity contribution < 1.29 is 0 Å². The van der Waals surface area contributed by atoms with Gasteiger partial charge in [0.15, 0.2) is 5.65 Å². The number of imidazole rings is 1. The minimum atomic E-state index is 0.588. The molecule has 0 atom stereocenters. The highest BCUT2D eigenvalue weighted by Gasteiger charge is 2.16. The van der Waals surface area contributed by atoms with Crippen LogP contribution in [0.15, 0.2) is 67.1 Å². The van der Waals surface area contributed by atoms with Gasteiger partial charge in [-0.3, -0.25) is 9.55 Å². The van der Waals surface area contributed by atoms with Crippen molar-refractivity contribution in [2.75, 3.05) is 0 Å². The highest BCUT2D eigenvalue weighted by Crippen LogP contribution is 2.30. The van der Waals surface area contributed by atoms with Crippen LogP contribution in [0, 0.1) is 0 Å². The maximum absolute atomic E-state index is 6.29. The molecule has 0 radical (unpaired) electrons. The molecular weight excluding hydrogens is 296 g/mol. The molecule has 0 spiro atoms. The van der Waals surface area contributed by atoms with Crippen molar-refractivity contribution in [3.8, 4) is 17.1 Å². The normalized spacial score (nSPS) is 11.0. The van der Waals surface area contributed by atoms with Gasteiger partial charge in [-0.15, -0.1) is 0 Å². The van der Waals surface area contributed by atoms with E-state index in [4.69, 9.17) is 16.6 Å². The van der Waals surface area contributed by atoms with Gasteiger partial charge >= 0.3 is 0 Å². The Labute approximate surface area is 132 Å². The van der Waals surface area contributed by atoms with E-state index in [-0.39, 0.29) is 0 Å². The maximum Gasteiger partial charge on any atom is 0.166 e. The number of fused-ring (bicyclic) bond motifs is 1. The van der Waals surface area contributed by atoms with Crippen LogP contribution in [-0.2, 0) is 0 Å². The number of nitrogens with zero attached hydrogens (tertiary/aromatic N) is 4. The van der Waals surface area contributed by atoms with Gasteiger partial charge in [0.2, 0.25) is 0 Å². The SMILES string of the molecule is Clc1ccnc2c1nc(-c1ccccc1)n2-c1cccnc1. The number of halogens is 1. The topological polar surface area (TPSA) is 43.6 Å². The number of hydrogen-bond donors (Lipinski definition) is 0. The molecule has 5 heteroatoms. The first-order chi connectivity index (χ1) is 10.8. The van der Waals surface area contributed by atoms with Crippen LogP contribution in [0.25, 0.3) is 28.2 Å². The van der Waals surface area contributed by atoms with E-state index < -0.39 is 0 Å². The lowest BCUT2D eigenvalue weighted by Gasteiger charge is -2.08. The lowest BCUT2D eigenvalue weighted by molar-refractivity contribution is 1.06. The summed E-state index contributed by atoms with van der Waals surface area (Å²) in [5.74, 6) is 0.796. The molecule has 0 aliphatic carbocycles. The van der Waals surface area contributed by atoms with Gasteiger partial charge in [-0.2, -0.15) is 0 Å². The van der Waals surface area contributed by atoms with Gasteiger partial charge in [-0.1, -0.05) is 41.9 Å². The van der Waals surface area contributed by atoms with Crippen LogP contribution in [0.2, 0.25) is 5.02 Å². The van der Waals surface area contributed by atoms with Crippen molar-refractivity contribution in [1.29, 1.82) is 0 Å². The van der Waals surface area contributed by atoms with Crippen LogP contribution in [0.3, 0.4) is 0 Å². The van der Waals surface area contributed by atoms with E-state index in [1.807, 2.05) is 47.0 Å². The zero-order valence-corrected chi connectivity index (χ0v) is 12.3. The molecule has 106 valence electrons. The average Bonchev–Trinajstić information content (AvgIpc) is 2.97. The summed E-state index contributed by atoms with van der Waals surface area (Å²) >= 11 is 6.29. The lowest BCUT2D eigenvalue weighted by atomic mass is 10.2. The monoisotopic (exact) mass is 306 g/mol. The molecule has 0 unspecified atom stereocenters. The summed E-state index contributed by atoms with van der Waals surface area (Å²) in [6, 6.07) is 15.6. The summed E-state index contributed by atoms with van der Waals surface area (Å²) in [6.07, 6.45) is 5.22. The van der Waals surface area contributed by atoms with E-state index in [1.54, 1.807) is 24.7 Å². The molecule has 0 saturated heterocycles. The molecule has 0 aliphatic heterocycles. The quantitative estimate of drug-likeness (QED) is 0.559. The predicted molar refractivity (Wildman–Crippen MR) is 87.1 cm³/mol. The van der Waals surface area contributed by atoms with Crippen molar-refractivity contribution in [2.24, 2.45) is 0 Å². The van der Waals surface area contributed by atoms with Crippen molar-refractivity contribution in [2.45, 2.75) is 0 Å². The molecule has 0 fully saturated rings. The molecule has 3 aromatic heterocycles. The maximum atomic E-state index is 6.29. The number of benzene rings is 1. The fourth-order valence-corrected chi connectivity index (χ4v) is 2.64. The molecule has 22 heavy (non-hydrogen) atoms. The van der Waals surface area contributed by atoms with Crippen molar-refractivity contribution in [1.82, 2.24) is 19.5 Å². The lowest BCUT2D eigenvalue weighted by Crippen LogP contribution is -1.98. The first-order valence-corrected chi connectivity index (χ1v) is 7.21. The highest BCUT2D eigenvalue weighted by molar-refractivity contribution is 6.34. The summed E-state index contributed by atoms with van der Waals surface area (Å²) in [5.41, 5.74) is 3.31.